The van der Waals surface area contributed by atoms with E-state index in [-0.39, 0.29) is 6.10 Å². The highest BCUT2D eigenvalue weighted by Crippen LogP contribution is 2.32. The second-order valence-electron chi connectivity index (χ2n) is 5.98. The molecule has 0 aliphatic heterocycles. The first-order valence-corrected chi connectivity index (χ1v) is 8.66. The molecule has 0 fully saturated rings. The Bertz CT molecular complexity index is 613. The van der Waals surface area contributed by atoms with Gasteiger partial charge >= 0.3 is 0 Å². The van der Waals surface area contributed by atoms with Crippen molar-refractivity contribution in [3.05, 3.63) is 70.7 Å². The largest absolute Gasteiger partial charge is 0.377 e. The fraction of sp³-hybridized carbons (Fsp3) is 0.400. The number of hydrogen-bond acceptors (Lipinski definition) is 3. The highest BCUT2D eigenvalue weighted by Gasteiger charge is 2.26. The average Bonchev–Trinajstić information content (AvgIpc) is 2.59. The number of benzene rings is 2. The highest BCUT2D eigenvalue weighted by atomic mass is 35.5. The first-order chi connectivity index (χ1) is 11.5. The van der Waals surface area contributed by atoms with E-state index in [4.69, 9.17) is 21.1 Å². The smallest absolute Gasteiger partial charge is 0.163 e. The lowest BCUT2D eigenvalue weighted by atomic mass is 10.1. The third-order valence-electron chi connectivity index (χ3n) is 3.94. The molecule has 2 aromatic rings. The first-order valence-electron chi connectivity index (χ1n) is 8.28. The van der Waals surface area contributed by atoms with Crippen LogP contribution in [0.4, 0.5) is 0 Å². The number of halogens is 1. The standard InChI is InChI=1S/C20H25ClO3/c1-3-20(2,22)24-19(17-11-7-8-12-18(17)21)13-14-23-15-16-9-5-4-6-10-16/h4-12,19,22H,3,13-15H2,1-2H3/t19-,20?/m0/s1. The van der Waals surface area contributed by atoms with E-state index in [0.29, 0.717) is 31.1 Å². The van der Waals surface area contributed by atoms with Crippen LogP contribution in [0.3, 0.4) is 0 Å². The van der Waals surface area contributed by atoms with Crippen molar-refractivity contribution in [2.24, 2.45) is 0 Å². The Labute approximate surface area is 149 Å². The molecule has 1 N–H and O–H groups in total. The molecule has 2 atom stereocenters. The summed E-state index contributed by atoms with van der Waals surface area (Å²) in [6.45, 7) is 4.63. The Morgan fingerprint density at radius 2 is 1.75 bits per heavy atom. The molecule has 0 spiro atoms. The molecule has 0 heterocycles. The molecule has 1 unspecified atom stereocenters. The van der Waals surface area contributed by atoms with Gasteiger partial charge in [-0.3, -0.25) is 0 Å². The number of aliphatic hydroxyl groups is 1. The van der Waals surface area contributed by atoms with Crippen molar-refractivity contribution in [2.45, 2.75) is 45.2 Å². The molecule has 130 valence electrons. The van der Waals surface area contributed by atoms with Gasteiger partial charge in [0.25, 0.3) is 0 Å². The third kappa shape index (κ3) is 5.91. The zero-order chi connectivity index (χ0) is 17.4. The lowest BCUT2D eigenvalue weighted by molar-refractivity contribution is -0.224. The quantitative estimate of drug-likeness (QED) is 0.504. The molecule has 4 heteroatoms. The van der Waals surface area contributed by atoms with Crippen LogP contribution in [0.1, 0.15) is 43.9 Å². The van der Waals surface area contributed by atoms with Crippen molar-refractivity contribution in [1.29, 1.82) is 0 Å². The van der Waals surface area contributed by atoms with Gasteiger partial charge in [0.05, 0.1) is 12.7 Å². The first kappa shape index (κ1) is 18.9. The van der Waals surface area contributed by atoms with Crippen molar-refractivity contribution in [3.63, 3.8) is 0 Å². The molecular weight excluding hydrogens is 324 g/mol. The van der Waals surface area contributed by atoms with Crippen LogP contribution < -0.4 is 0 Å². The van der Waals surface area contributed by atoms with E-state index < -0.39 is 5.79 Å². The highest BCUT2D eigenvalue weighted by molar-refractivity contribution is 6.31. The molecule has 2 rings (SSSR count). The number of ether oxygens (including phenoxy) is 2. The van der Waals surface area contributed by atoms with E-state index in [1.165, 1.54) is 0 Å². The van der Waals surface area contributed by atoms with Gasteiger partial charge in [0.2, 0.25) is 0 Å². The van der Waals surface area contributed by atoms with Crippen LogP contribution in [0.15, 0.2) is 54.6 Å². The summed E-state index contributed by atoms with van der Waals surface area (Å²) >= 11 is 6.30. The van der Waals surface area contributed by atoms with Crippen molar-refractivity contribution >= 4 is 11.6 Å². The van der Waals surface area contributed by atoms with Crippen molar-refractivity contribution < 1.29 is 14.6 Å². The molecule has 0 radical (unpaired) electrons. The molecule has 0 saturated heterocycles. The maximum Gasteiger partial charge on any atom is 0.163 e. The van der Waals surface area contributed by atoms with E-state index in [0.717, 1.165) is 11.1 Å². The summed E-state index contributed by atoms with van der Waals surface area (Å²) in [7, 11) is 0. The minimum atomic E-state index is -1.19. The van der Waals surface area contributed by atoms with Crippen molar-refractivity contribution in [3.8, 4) is 0 Å². The predicted molar refractivity (Wildman–Crippen MR) is 96.9 cm³/mol. The van der Waals surface area contributed by atoms with E-state index in [9.17, 15) is 5.11 Å². The molecule has 3 nitrogen and oxygen atoms in total. The molecule has 0 aromatic heterocycles. The number of hydrogen-bond donors (Lipinski definition) is 1. The zero-order valence-electron chi connectivity index (χ0n) is 14.2. The second kappa shape index (κ2) is 9.19. The maximum atomic E-state index is 10.3. The molecular formula is C20H25ClO3. The van der Waals surface area contributed by atoms with Crippen LogP contribution in [0.2, 0.25) is 5.02 Å². The van der Waals surface area contributed by atoms with E-state index in [2.05, 4.69) is 0 Å². The SMILES string of the molecule is CCC(C)(O)O[C@@H](CCOCc1ccccc1)c1ccccc1Cl. The van der Waals surface area contributed by atoms with Gasteiger partial charge in [0.1, 0.15) is 0 Å². The summed E-state index contributed by atoms with van der Waals surface area (Å²) in [4.78, 5) is 0. The fourth-order valence-electron chi connectivity index (χ4n) is 2.36. The van der Waals surface area contributed by atoms with Gasteiger partial charge in [-0.2, -0.15) is 0 Å². The van der Waals surface area contributed by atoms with Gasteiger partial charge in [-0.15, -0.1) is 0 Å². The summed E-state index contributed by atoms with van der Waals surface area (Å²) in [5.41, 5.74) is 2.00. The summed E-state index contributed by atoms with van der Waals surface area (Å²) in [5, 5.41) is 10.9. The topological polar surface area (TPSA) is 38.7 Å². The average molecular weight is 349 g/mol. The van der Waals surface area contributed by atoms with Crippen LogP contribution in [-0.2, 0) is 16.1 Å². The normalized spacial score (nSPS) is 15.0. The fourth-order valence-corrected chi connectivity index (χ4v) is 2.62. The molecule has 0 aliphatic rings. The molecule has 24 heavy (non-hydrogen) atoms. The monoisotopic (exact) mass is 348 g/mol. The van der Waals surface area contributed by atoms with Gasteiger partial charge in [-0.25, -0.2) is 0 Å². The van der Waals surface area contributed by atoms with E-state index >= 15 is 0 Å². The summed E-state index contributed by atoms with van der Waals surface area (Å²) < 4.78 is 11.7. The zero-order valence-corrected chi connectivity index (χ0v) is 15.0. The van der Waals surface area contributed by atoms with Crippen LogP contribution in [0, 0.1) is 0 Å². The van der Waals surface area contributed by atoms with Crippen LogP contribution >= 0.6 is 11.6 Å². The molecule has 2 aromatic carbocycles. The lowest BCUT2D eigenvalue weighted by Gasteiger charge is -2.29. The van der Waals surface area contributed by atoms with Gasteiger partial charge in [0.15, 0.2) is 5.79 Å². The molecule has 0 bridgehead atoms. The third-order valence-corrected chi connectivity index (χ3v) is 4.28. The van der Waals surface area contributed by atoms with Crippen LogP contribution in [0.5, 0.6) is 0 Å². The molecule has 0 saturated carbocycles. The van der Waals surface area contributed by atoms with Crippen LogP contribution in [-0.4, -0.2) is 17.5 Å². The second-order valence-corrected chi connectivity index (χ2v) is 6.39. The predicted octanol–water partition coefficient (Wildman–Crippen LogP) is 5.12. The minimum absolute atomic E-state index is 0.315. The van der Waals surface area contributed by atoms with Gasteiger partial charge in [0, 0.05) is 18.1 Å². The Kier molecular flexibility index (Phi) is 7.25. The maximum absolute atomic E-state index is 10.3. The Balaban J connectivity index is 1.97. The van der Waals surface area contributed by atoms with Crippen molar-refractivity contribution in [2.75, 3.05) is 6.61 Å². The van der Waals surface area contributed by atoms with Crippen molar-refractivity contribution in [1.82, 2.24) is 0 Å². The lowest BCUT2D eigenvalue weighted by Crippen LogP contribution is -2.30. The Morgan fingerprint density at radius 1 is 1.08 bits per heavy atom. The summed E-state index contributed by atoms with van der Waals surface area (Å²) in [6.07, 6.45) is 0.801. The Hall–Kier alpha value is -1.39. The van der Waals surface area contributed by atoms with E-state index in [1.807, 2.05) is 61.5 Å². The minimum Gasteiger partial charge on any atom is -0.377 e. The Morgan fingerprint density at radius 3 is 2.42 bits per heavy atom. The van der Waals surface area contributed by atoms with Gasteiger partial charge in [-0.1, -0.05) is 67.1 Å². The van der Waals surface area contributed by atoms with Gasteiger partial charge in [-0.05, 0) is 30.5 Å². The molecule has 0 amide bonds. The molecule has 0 aliphatic carbocycles. The van der Waals surface area contributed by atoms with Gasteiger partial charge < -0.3 is 14.6 Å². The summed E-state index contributed by atoms with van der Waals surface area (Å²) in [6, 6.07) is 17.6. The van der Waals surface area contributed by atoms with Crippen LogP contribution in [0.25, 0.3) is 0 Å². The summed E-state index contributed by atoms with van der Waals surface area (Å²) in [5.74, 6) is -1.19. The number of rotatable bonds is 9. The van der Waals surface area contributed by atoms with E-state index in [1.54, 1.807) is 6.92 Å².